The summed E-state index contributed by atoms with van der Waals surface area (Å²) in [5, 5.41) is 17.2. The lowest BCUT2D eigenvalue weighted by molar-refractivity contribution is -0.134. The number of aromatic nitrogens is 3. The van der Waals surface area contributed by atoms with Crippen LogP contribution >= 0.6 is 23.2 Å². The second-order valence-corrected chi connectivity index (χ2v) is 6.42. The van der Waals surface area contributed by atoms with Crippen LogP contribution in [0.4, 0.5) is 0 Å². The smallest absolute Gasteiger partial charge is 0.358 e. The first-order valence-corrected chi connectivity index (χ1v) is 8.03. The SMILES string of the molecule is CC1c2cc(Cl)cc(Cl)c2CCN1C(=O)Cn1cc(C(=O)O)nn1. The molecule has 9 heteroatoms. The fraction of sp³-hybridized carbons (Fsp3) is 0.333. The van der Waals surface area contributed by atoms with Crippen LogP contribution in [-0.4, -0.2) is 43.4 Å². The van der Waals surface area contributed by atoms with Gasteiger partial charge in [-0.25, -0.2) is 9.48 Å². The first-order valence-electron chi connectivity index (χ1n) is 7.27. The van der Waals surface area contributed by atoms with E-state index in [4.69, 9.17) is 28.3 Å². The second-order valence-electron chi connectivity index (χ2n) is 5.58. The van der Waals surface area contributed by atoms with Gasteiger partial charge in [0.15, 0.2) is 5.69 Å². The Kier molecular flexibility index (Phi) is 4.47. The summed E-state index contributed by atoms with van der Waals surface area (Å²) in [7, 11) is 0. The highest BCUT2D eigenvalue weighted by Gasteiger charge is 2.29. The number of halogens is 2. The summed E-state index contributed by atoms with van der Waals surface area (Å²) in [5.41, 5.74) is 1.74. The number of carboxylic acids is 1. The number of fused-ring (bicyclic) bond motifs is 1. The van der Waals surface area contributed by atoms with Crippen LogP contribution in [0.3, 0.4) is 0 Å². The molecular formula is C15H14Cl2N4O3. The van der Waals surface area contributed by atoms with Crippen molar-refractivity contribution in [2.45, 2.75) is 25.9 Å². The number of aromatic carboxylic acids is 1. The summed E-state index contributed by atoms with van der Waals surface area (Å²) in [6, 6.07) is 3.35. The van der Waals surface area contributed by atoms with Gasteiger partial charge in [-0.1, -0.05) is 28.4 Å². The maximum atomic E-state index is 12.6. The van der Waals surface area contributed by atoms with Crippen LogP contribution in [0.1, 0.15) is 34.6 Å². The van der Waals surface area contributed by atoms with Gasteiger partial charge in [-0.15, -0.1) is 5.10 Å². The molecule has 0 aliphatic carbocycles. The number of carbonyl (C=O) groups excluding carboxylic acids is 1. The molecule has 1 aliphatic heterocycles. The molecule has 0 saturated carbocycles. The summed E-state index contributed by atoms with van der Waals surface area (Å²) in [5.74, 6) is -1.36. The number of hydrogen-bond acceptors (Lipinski definition) is 4. The highest BCUT2D eigenvalue weighted by Crippen LogP contribution is 2.36. The quantitative estimate of drug-likeness (QED) is 0.898. The van der Waals surface area contributed by atoms with E-state index in [0.29, 0.717) is 23.0 Å². The van der Waals surface area contributed by atoms with Gasteiger partial charge in [0, 0.05) is 16.6 Å². The van der Waals surface area contributed by atoms with Crippen molar-refractivity contribution in [2.24, 2.45) is 0 Å². The number of nitrogens with zero attached hydrogens (tertiary/aromatic N) is 4. The van der Waals surface area contributed by atoms with Gasteiger partial charge >= 0.3 is 5.97 Å². The van der Waals surface area contributed by atoms with Gasteiger partial charge in [-0.2, -0.15) is 0 Å². The zero-order chi connectivity index (χ0) is 17.4. The fourth-order valence-corrected chi connectivity index (χ4v) is 3.50. The third-order valence-corrected chi connectivity index (χ3v) is 4.65. The van der Waals surface area contributed by atoms with E-state index in [1.165, 1.54) is 10.9 Å². The number of benzene rings is 1. The van der Waals surface area contributed by atoms with E-state index in [1.807, 2.05) is 13.0 Å². The number of carbonyl (C=O) groups is 2. The Balaban J connectivity index is 1.79. The van der Waals surface area contributed by atoms with E-state index in [1.54, 1.807) is 11.0 Å². The van der Waals surface area contributed by atoms with Crippen LogP contribution in [0.2, 0.25) is 10.0 Å². The maximum Gasteiger partial charge on any atom is 0.358 e. The van der Waals surface area contributed by atoms with Gasteiger partial charge in [0.25, 0.3) is 0 Å². The minimum absolute atomic E-state index is 0.0751. The van der Waals surface area contributed by atoms with Crippen molar-refractivity contribution in [3.63, 3.8) is 0 Å². The lowest BCUT2D eigenvalue weighted by Crippen LogP contribution is -2.40. The maximum absolute atomic E-state index is 12.6. The molecule has 2 heterocycles. The van der Waals surface area contributed by atoms with E-state index >= 15 is 0 Å². The molecule has 1 N–H and O–H groups in total. The molecule has 126 valence electrons. The molecule has 1 unspecified atom stereocenters. The second kappa shape index (κ2) is 6.41. The molecule has 0 spiro atoms. The summed E-state index contributed by atoms with van der Waals surface area (Å²) in [6.45, 7) is 2.36. The van der Waals surface area contributed by atoms with Gasteiger partial charge in [0.1, 0.15) is 6.54 Å². The van der Waals surface area contributed by atoms with Crippen LogP contribution in [0, 0.1) is 0 Å². The van der Waals surface area contributed by atoms with Gasteiger partial charge in [0.05, 0.1) is 12.2 Å². The molecule has 24 heavy (non-hydrogen) atoms. The Bertz CT molecular complexity index is 821. The number of amides is 1. The van der Waals surface area contributed by atoms with E-state index in [-0.39, 0.29) is 24.2 Å². The molecule has 2 aromatic rings. The monoisotopic (exact) mass is 368 g/mol. The molecule has 7 nitrogen and oxygen atoms in total. The average Bonchev–Trinajstić information content (AvgIpc) is 2.97. The highest BCUT2D eigenvalue weighted by molar-refractivity contribution is 6.35. The average molecular weight is 369 g/mol. The topological polar surface area (TPSA) is 88.3 Å². The van der Waals surface area contributed by atoms with Gasteiger partial charge < -0.3 is 10.0 Å². The normalized spacial score (nSPS) is 16.8. The van der Waals surface area contributed by atoms with Crippen molar-refractivity contribution >= 4 is 35.1 Å². The molecule has 0 radical (unpaired) electrons. The fourth-order valence-electron chi connectivity index (χ4n) is 2.90. The summed E-state index contributed by atoms with van der Waals surface area (Å²) in [6.07, 6.45) is 1.87. The Morgan fingerprint density at radius 1 is 1.38 bits per heavy atom. The molecule has 1 atom stereocenters. The lowest BCUT2D eigenvalue weighted by atomic mass is 9.93. The van der Waals surface area contributed by atoms with E-state index < -0.39 is 5.97 Å². The van der Waals surface area contributed by atoms with Crippen LogP contribution in [-0.2, 0) is 17.8 Å². The first-order chi connectivity index (χ1) is 11.4. The first kappa shape index (κ1) is 16.7. The largest absolute Gasteiger partial charge is 0.476 e. The molecule has 0 bridgehead atoms. The minimum atomic E-state index is -1.18. The number of rotatable bonds is 3. The van der Waals surface area contributed by atoms with Crippen molar-refractivity contribution in [3.8, 4) is 0 Å². The van der Waals surface area contributed by atoms with E-state index in [2.05, 4.69) is 10.3 Å². The van der Waals surface area contributed by atoms with E-state index in [9.17, 15) is 9.59 Å². The van der Waals surface area contributed by atoms with Crippen molar-refractivity contribution in [1.82, 2.24) is 19.9 Å². The Morgan fingerprint density at radius 3 is 2.79 bits per heavy atom. The zero-order valence-electron chi connectivity index (χ0n) is 12.7. The van der Waals surface area contributed by atoms with Crippen LogP contribution < -0.4 is 0 Å². The molecule has 1 aromatic carbocycles. The predicted molar refractivity (Wildman–Crippen MR) is 87.3 cm³/mol. The molecule has 3 rings (SSSR count). The van der Waals surface area contributed by atoms with Crippen molar-refractivity contribution in [3.05, 3.63) is 45.2 Å². The van der Waals surface area contributed by atoms with Crippen molar-refractivity contribution in [2.75, 3.05) is 6.54 Å². The van der Waals surface area contributed by atoms with Crippen LogP contribution in [0.5, 0.6) is 0 Å². The molecule has 1 aromatic heterocycles. The van der Waals surface area contributed by atoms with Crippen LogP contribution in [0.25, 0.3) is 0 Å². The van der Waals surface area contributed by atoms with Crippen LogP contribution in [0.15, 0.2) is 18.3 Å². The summed E-state index contributed by atoms with van der Waals surface area (Å²) in [4.78, 5) is 25.1. The molecule has 0 saturated heterocycles. The number of carboxylic acid groups (broad SMARTS) is 1. The molecular weight excluding hydrogens is 355 g/mol. The minimum Gasteiger partial charge on any atom is -0.476 e. The standard InChI is InChI=1S/C15H14Cl2N4O3/c1-8-11-4-9(16)5-12(17)10(11)2-3-21(8)14(22)7-20-6-13(15(23)24)18-19-20/h4-6,8H,2-3,7H2,1H3,(H,23,24). The number of hydrogen-bond donors (Lipinski definition) is 1. The van der Waals surface area contributed by atoms with Gasteiger partial charge in [0.2, 0.25) is 5.91 Å². The summed E-state index contributed by atoms with van der Waals surface area (Å²) >= 11 is 12.3. The predicted octanol–water partition coefficient (Wildman–Crippen LogP) is 2.43. The van der Waals surface area contributed by atoms with Crippen molar-refractivity contribution in [1.29, 1.82) is 0 Å². The summed E-state index contributed by atoms with van der Waals surface area (Å²) < 4.78 is 1.22. The van der Waals surface area contributed by atoms with E-state index in [0.717, 1.165) is 11.1 Å². The molecule has 1 amide bonds. The van der Waals surface area contributed by atoms with Gasteiger partial charge in [-0.05, 0) is 36.6 Å². The lowest BCUT2D eigenvalue weighted by Gasteiger charge is -2.35. The third-order valence-electron chi connectivity index (χ3n) is 4.09. The van der Waals surface area contributed by atoms with Crippen molar-refractivity contribution < 1.29 is 14.7 Å². The Labute approximate surface area is 147 Å². The Hall–Kier alpha value is -2.12. The molecule has 1 aliphatic rings. The van der Waals surface area contributed by atoms with Gasteiger partial charge in [-0.3, -0.25) is 4.79 Å². The third kappa shape index (κ3) is 3.09. The highest BCUT2D eigenvalue weighted by atomic mass is 35.5. The molecule has 0 fully saturated rings. The Morgan fingerprint density at radius 2 is 2.12 bits per heavy atom. The zero-order valence-corrected chi connectivity index (χ0v) is 14.3.